The lowest BCUT2D eigenvalue weighted by Crippen LogP contribution is -2.32. The summed E-state index contributed by atoms with van der Waals surface area (Å²) in [4.78, 5) is 15.7. The van der Waals surface area contributed by atoms with E-state index in [-0.39, 0.29) is 5.91 Å². The topological polar surface area (TPSA) is 121 Å². The van der Waals surface area contributed by atoms with Crippen LogP contribution in [0.25, 0.3) is 5.69 Å². The molecule has 4 aromatic carbocycles. The number of benzene rings is 4. The first-order valence-electron chi connectivity index (χ1n) is 16.3. The van der Waals surface area contributed by atoms with Crippen LogP contribution in [0.5, 0.6) is 28.7 Å². The van der Waals surface area contributed by atoms with Gasteiger partial charge in [-0.1, -0.05) is 29.5 Å². The van der Waals surface area contributed by atoms with Gasteiger partial charge in [-0.3, -0.25) is 9.69 Å². The van der Waals surface area contributed by atoms with Crippen LogP contribution in [0.3, 0.4) is 0 Å². The first kappa shape index (κ1) is 34.1. The van der Waals surface area contributed by atoms with Crippen LogP contribution in [0.1, 0.15) is 32.7 Å². The average molecular weight is 679 g/mol. The van der Waals surface area contributed by atoms with E-state index in [9.17, 15) is 4.79 Å². The third kappa shape index (κ3) is 7.60. The van der Waals surface area contributed by atoms with E-state index < -0.39 is 0 Å². The van der Waals surface area contributed by atoms with Crippen LogP contribution in [0, 0.1) is 0 Å². The fraction of sp³-hybridized carbons (Fsp3) is 0.289. The Kier molecular flexibility index (Phi) is 10.7. The maximum absolute atomic E-state index is 13.2. The van der Waals surface area contributed by atoms with Crippen molar-refractivity contribution in [2.24, 2.45) is 0 Å². The first-order valence-corrected chi connectivity index (χ1v) is 16.3. The third-order valence-corrected chi connectivity index (χ3v) is 8.82. The SMILES string of the molecule is COc1cc2c(cc1OC)CN(CCc1ccc(-n3cc(CNc4ccccc4NC(=O)c4cc(OC)c(OC)c(OC)c4)nn3)cc1)CC2. The zero-order valence-electron chi connectivity index (χ0n) is 29.0. The molecule has 0 saturated carbocycles. The van der Waals surface area contributed by atoms with Crippen molar-refractivity contribution in [2.45, 2.75) is 25.9 Å². The number of methoxy groups -OCH3 is 5. The molecule has 0 bridgehead atoms. The van der Waals surface area contributed by atoms with Crippen molar-refractivity contribution in [3.63, 3.8) is 0 Å². The molecule has 0 radical (unpaired) electrons. The highest BCUT2D eigenvalue weighted by atomic mass is 16.5. The van der Waals surface area contributed by atoms with Gasteiger partial charge in [0.25, 0.3) is 5.91 Å². The Morgan fingerprint density at radius 2 is 1.44 bits per heavy atom. The zero-order chi connectivity index (χ0) is 35.0. The van der Waals surface area contributed by atoms with Crippen LogP contribution in [-0.4, -0.2) is 74.4 Å². The minimum atomic E-state index is -0.323. The molecule has 2 N–H and O–H groups in total. The van der Waals surface area contributed by atoms with E-state index in [0.717, 1.165) is 61.0 Å². The molecule has 12 heteroatoms. The maximum Gasteiger partial charge on any atom is 0.255 e. The van der Waals surface area contributed by atoms with E-state index in [1.165, 1.54) is 38.0 Å². The van der Waals surface area contributed by atoms with Gasteiger partial charge in [0.2, 0.25) is 5.75 Å². The van der Waals surface area contributed by atoms with E-state index in [1.807, 2.05) is 30.5 Å². The summed E-state index contributed by atoms with van der Waals surface area (Å²) in [5.41, 5.74) is 7.28. The summed E-state index contributed by atoms with van der Waals surface area (Å²) in [7, 11) is 7.90. The van der Waals surface area contributed by atoms with Gasteiger partial charge in [0.15, 0.2) is 23.0 Å². The standard InChI is InChI=1S/C38H42N6O6/c1-46-33-18-26-15-17-43(23-28(26)21-34(33)47-2)16-14-25-10-12-30(13-11-25)44-24-29(41-42-44)22-39-31-8-6-7-9-32(31)40-38(45)27-19-35(48-3)37(50-5)36(20-27)49-4/h6-13,18-21,24,39H,14-17,22-23H2,1-5H3,(H,40,45). The van der Waals surface area contributed by atoms with Crippen LogP contribution < -0.4 is 34.3 Å². The summed E-state index contributed by atoms with van der Waals surface area (Å²) < 4.78 is 29.0. The fourth-order valence-electron chi connectivity index (χ4n) is 6.08. The second-order valence-electron chi connectivity index (χ2n) is 11.8. The fourth-order valence-corrected chi connectivity index (χ4v) is 6.08. The van der Waals surface area contributed by atoms with Crippen LogP contribution in [0.4, 0.5) is 11.4 Å². The number of amides is 1. The molecule has 0 aliphatic carbocycles. The molecular weight excluding hydrogens is 636 g/mol. The minimum absolute atomic E-state index is 0.323. The molecule has 0 spiro atoms. The van der Waals surface area contributed by atoms with Gasteiger partial charge >= 0.3 is 0 Å². The van der Waals surface area contributed by atoms with Gasteiger partial charge in [-0.05, 0) is 78.1 Å². The average Bonchev–Trinajstić information content (AvgIpc) is 3.64. The zero-order valence-corrected chi connectivity index (χ0v) is 29.0. The number of ether oxygens (including phenoxy) is 5. The van der Waals surface area contributed by atoms with E-state index in [2.05, 4.69) is 62.2 Å². The molecule has 5 aromatic rings. The summed E-state index contributed by atoms with van der Waals surface area (Å²) in [6.45, 7) is 3.29. The molecule has 2 heterocycles. The summed E-state index contributed by atoms with van der Waals surface area (Å²) in [6.07, 6.45) is 3.84. The highest BCUT2D eigenvalue weighted by Crippen LogP contribution is 2.38. The number of aromatic nitrogens is 3. The number of rotatable bonds is 14. The molecule has 1 aliphatic rings. The highest BCUT2D eigenvalue weighted by Gasteiger charge is 2.20. The first-order chi connectivity index (χ1) is 24.4. The quantitative estimate of drug-likeness (QED) is 0.150. The lowest BCUT2D eigenvalue weighted by atomic mass is 9.98. The predicted octanol–water partition coefficient (Wildman–Crippen LogP) is 5.78. The number of nitrogens with one attached hydrogen (secondary N) is 2. The van der Waals surface area contributed by atoms with Gasteiger partial charge < -0.3 is 34.3 Å². The van der Waals surface area contributed by atoms with E-state index in [4.69, 9.17) is 23.7 Å². The molecule has 1 aliphatic heterocycles. The second-order valence-corrected chi connectivity index (χ2v) is 11.8. The summed E-state index contributed by atoms with van der Waals surface area (Å²) in [5.74, 6) is 2.45. The number of para-hydroxylation sites is 2. The van der Waals surface area contributed by atoms with Crippen molar-refractivity contribution in [1.29, 1.82) is 0 Å². The molecule has 1 amide bonds. The predicted molar refractivity (Wildman–Crippen MR) is 191 cm³/mol. The van der Waals surface area contributed by atoms with E-state index in [0.29, 0.717) is 35.0 Å². The number of hydrogen-bond donors (Lipinski definition) is 2. The number of nitrogens with zero attached hydrogens (tertiary/aromatic N) is 4. The summed E-state index contributed by atoms with van der Waals surface area (Å²) in [5, 5.41) is 15.1. The van der Waals surface area contributed by atoms with Gasteiger partial charge in [0.1, 0.15) is 5.69 Å². The van der Waals surface area contributed by atoms with E-state index in [1.54, 1.807) is 31.0 Å². The number of fused-ring (bicyclic) bond motifs is 1. The normalized spacial score (nSPS) is 12.5. The minimum Gasteiger partial charge on any atom is -0.493 e. The molecule has 12 nitrogen and oxygen atoms in total. The Labute approximate surface area is 291 Å². The summed E-state index contributed by atoms with van der Waals surface area (Å²) in [6, 6.07) is 23.3. The second kappa shape index (κ2) is 15.6. The molecule has 50 heavy (non-hydrogen) atoms. The number of carbonyl (C=O) groups is 1. The Morgan fingerprint density at radius 3 is 2.10 bits per heavy atom. The van der Waals surface area contributed by atoms with Crippen molar-refractivity contribution in [1.82, 2.24) is 19.9 Å². The van der Waals surface area contributed by atoms with Crippen LogP contribution in [0.15, 0.2) is 79.0 Å². The Balaban J connectivity index is 1.04. The largest absolute Gasteiger partial charge is 0.493 e. The molecule has 260 valence electrons. The smallest absolute Gasteiger partial charge is 0.255 e. The van der Waals surface area contributed by atoms with Crippen molar-refractivity contribution in [2.75, 3.05) is 59.3 Å². The number of anilines is 2. The van der Waals surface area contributed by atoms with E-state index >= 15 is 0 Å². The number of carbonyl (C=O) groups excluding carboxylic acids is 1. The Bertz CT molecular complexity index is 1920. The van der Waals surface area contributed by atoms with Gasteiger partial charge in [-0.15, -0.1) is 5.10 Å². The molecule has 0 atom stereocenters. The van der Waals surface area contributed by atoms with Gasteiger partial charge in [-0.2, -0.15) is 0 Å². The third-order valence-electron chi connectivity index (χ3n) is 8.82. The molecule has 0 unspecified atom stereocenters. The molecular formula is C38H42N6O6. The monoisotopic (exact) mass is 678 g/mol. The van der Waals surface area contributed by atoms with Crippen LogP contribution >= 0.6 is 0 Å². The highest BCUT2D eigenvalue weighted by molar-refractivity contribution is 6.06. The van der Waals surface area contributed by atoms with Crippen molar-refractivity contribution >= 4 is 17.3 Å². The van der Waals surface area contributed by atoms with Crippen LogP contribution in [-0.2, 0) is 25.9 Å². The summed E-state index contributed by atoms with van der Waals surface area (Å²) >= 11 is 0. The van der Waals surface area contributed by atoms with Crippen LogP contribution in [0.2, 0.25) is 0 Å². The maximum atomic E-state index is 13.2. The van der Waals surface area contributed by atoms with Crippen molar-refractivity contribution in [3.8, 4) is 34.4 Å². The molecule has 0 fully saturated rings. The number of hydrogen-bond acceptors (Lipinski definition) is 10. The lowest BCUT2D eigenvalue weighted by molar-refractivity contribution is 0.102. The van der Waals surface area contributed by atoms with Gasteiger partial charge in [0, 0.05) is 25.2 Å². The van der Waals surface area contributed by atoms with Crippen molar-refractivity contribution in [3.05, 3.63) is 107 Å². The van der Waals surface area contributed by atoms with Crippen molar-refractivity contribution < 1.29 is 28.5 Å². The molecule has 0 saturated heterocycles. The van der Waals surface area contributed by atoms with Gasteiger partial charge in [0.05, 0.1) is 65.4 Å². The molecule has 6 rings (SSSR count). The molecule has 1 aromatic heterocycles. The lowest BCUT2D eigenvalue weighted by Gasteiger charge is -2.29. The van der Waals surface area contributed by atoms with Gasteiger partial charge in [-0.25, -0.2) is 4.68 Å². The Morgan fingerprint density at radius 1 is 0.780 bits per heavy atom. The Hall–Kier alpha value is -5.75.